The molecule has 106 valence electrons. The minimum absolute atomic E-state index is 0.0660. The van der Waals surface area contributed by atoms with Crippen molar-refractivity contribution in [3.05, 3.63) is 34.6 Å². The summed E-state index contributed by atoms with van der Waals surface area (Å²) in [6.45, 7) is 2.47. The van der Waals surface area contributed by atoms with E-state index in [2.05, 4.69) is 0 Å². The van der Waals surface area contributed by atoms with E-state index in [1.807, 2.05) is 6.92 Å². The van der Waals surface area contributed by atoms with Crippen LogP contribution in [0.25, 0.3) is 0 Å². The van der Waals surface area contributed by atoms with Crippen molar-refractivity contribution in [2.45, 2.75) is 26.3 Å². The Balaban J connectivity index is 2.78. The molecule has 1 unspecified atom stereocenters. The number of rotatable bonds is 6. The van der Waals surface area contributed by atoms with Gasteiger partial charge in [0, 0.05) is 30.7 Å². The molecule has 0 spiro atoms. The highest BCUT2D eigenvalue weighted by Crippen LogP contribution is 2.21. The van der Waals surface area contributed by atoms with Crippen LogP contribution >= 0.6 is 11.6 Å². The van der Waals surface area contributed by atoms with Gasteiger partial charge in [0.15, 0.2) is 0 Å². The Morgan fingerprint density at radius 3 is 2.74 bits per heavy atom. The number of amides is 1. The van der Waals surface area contributed by atoms with Gasteiger partial charge in [0.2, 0.25) is 5.91 Å². The summed E-state index contributed by atoms with van der Waals surface area (Å²) in [7, 11) is 1.64. The van der Waals surface area contributed by atoms with Gasteiger partial charge in [-0.15, -0.1) is 0 Å². The molecule has 0 saturated heterocycles. The fourth-order valence-corrected chi connectivity index (χ4v) is 2.22. The molecule has 1 atom stereocenters. The molecule has 0 aliphatic carbocycles. The molecule has 1 aromatic carbocycles. The van der Waals surface area contributed by atoms with Gasteiger partial charge in [-0.3, -0.25) is 4.79 Å². The lowest BCUT2D eigenvalue weighted by atomic mass is 10.0. The molecule has 0 fully saturated rings. The summed E-state index contributed by atoms with van der Waals surface area (Å²) in [5.74, 6) is -0.670. The van der Waals surface area contributed by atoms with Gasteiger partial charge in [0.1, 0.15) is 5.82 Å². The van der Waals surface area contributed by atoms with Crippen LogP contribution in [0, 0.1) is 11.7 Å². The van der Waals surface area contributed by atoms with Crippen molar-refractivity contribution in [1.82, 2.24) is 4.90 Å². The topological polar surface area (TPSA) is 46.3 Å². The zero-order chi connectivity index (χ0) is 14.4. The van der Waals surface area contributed by atoms with Gasteiger partial charge in [0.25, 0.3) is 0 Å². The van der Waals surface area contributed by atoms with Crippen molar-refractivity contribution in [3.63, 3.8) is 0 Å². The molecule has 1 aromatic rings. The Hall–Kier alpha value is -1.13. The van der Waals surface area contributed by atoms with Crippen LogP contribution in [-0.2, 0) is 11.3 Å². The van der Waals surface area contributed by atoms with Crippen LogP contribution in [0.2, 0.25) is 5.02 Å². The van der Waals surface area contributed by atoms with E-state index >= 15 is 0 Å². The number of hydrogen-bond acceptors (Lipinski definition) is 2. The zero-order valence-electron chi connectivity index (χ0n) is 11.3. The van der Waals surface area contributed by atoms with Crippen molar-refractivity contribution in [2.24, 2.45) is 11.7 Å². The average molecular weight is 287 g/mol. The summed E-state index contributed by atoms with van der Waals surface area (Å²) < 4.78 is 13.7. The predicted octanol–water partition coefficient (Wildman–Crippen LogP) is 2.81. The quantitative estimate of drug-likeness (QED) is 0.874. The molecular weight excluding hydrogens is 267 g/mol. The van der Waals surface area contributed by atoms with Gasteiger partial charge in [-0.1, -0.05) is 31.0 Å². The number of halogens is 2. The van der Waals surface area contributed by atoms with Gasteiger partial charge < -0.3 is 10.6 Å². The SMILES string of the molecule is CCCC(CN)C(=O)N(C)Cc1c(F)cccc1Cl. The first-order valence-corrected chi connectivity index (χ1v) is 6.77. The maximum Gasteiger partial charge on any atom is 0.227 e. The lowest BCUT2D eigenvalue weighted by molar-refractivity contribution is -0.134. The van der Waals surface area contributed by atoms with Crippen molar-refractivity contribution in [2.75, 3.05) is 13.6 Å². The van der Waals surface area contributed by atoms with E-state index < -0.39 is 5.82 Å². The molecule has 2 N–H and O–H groups in total. The van der Waals surface area contributed by atoms with E-state index in [0.29, 0.717) is 17.1 Å². The largest absolute Gasteiger partial charge is 0.341 e. The van der Waals surface area contributed by atoms with E-state index in [1.54, 1.807) is 19.2 Å². The molecule has 19 heavy (non-hydrogen) atoms. The molecule has 0 aliphatic rings. The van der Waals surface area contributed by atoms with E-state index in [0.717, 1.165) is 12.8 Å². The molecule has 0 aliphatic heterocycles. The summed E-state index contributed by atoms with van der Waals surface area (Å²) in [4.78, 5) is 13.7. The van der Waals surface area contributed by atoms with Crippen LogP contribution in [0.5, 0.6) is 0 Å². The molecule has 0 saturated carbocycles. The lowest BCUT2D eigenvalue weighted by Crippen LogP contribution is -2.36. The first-order valence-electron chi connectivity index (χ1n) is 6.39. The molecule has 0 heterocycles. The number of nitrogens with two attached hydrogens (primary N) is 1. The standard InChI is InChI=1S/C14H20ClFN2O/c1-3-5-10(8-17)14(19)18(2)9-11-12(15)6-4-7-13(11)16/h4,6-7,10H,3,5,8-9,17H2,1-2H3. The van der Waals surface area contributed by atoms with Crippen molar-refractivity contribution >= 4 is 17.5 Å². The monoisotopic (exact) mass is 286 g/mol. The molecule has 5 heteroatoms. The fraction of sp³-hybridized carbons (Fsp3) is 0.500. The Kier molecular flexibility index (Phi) is 6.25. The van der Waals surface area contributed by atoms with Crippen molar-refractivity contribution in [3.8, 4) is 0 Å². The van der Waals surface area contributed by atoms with Crippen LogP contribution in [0.4, 0.5) is 4.39 Å². The Morgan fingerprint density at radius 1 is 1.53 bits per heavy atom. The van der Waals surface area contributed by atoms with Gasteiger partial charge in [-0.25, -0.2) is 4.39 Å². The summed E-state index contributed by atoms with van der Waals surface area (Å²) in [5.41, 5.74) is 5.94. The number of benzene rings is 1. The maximum atomic E-state index is 13.7. The lowest BCUT2D eigenvalue weighted by Gasteiger charge is -2.23. The highest BCUT2D eigenvalue weighted by atomic mass is 35.5. The molecule has 1 rings (SSSR count). The third-order valence-corrected chi connectivity index (χ3v) is 3.46. The van der Waals surface area contributed by atoms with Crippen LogP contribution in [0.3, 0.4) is 0 Å². The van der Waals surface area contributed by atoms with Gasteiger partial charge in [-0.2, -0.15) is 0 Å². The number of carbonyl (C=O) groups excluding carboxylic acids is 1. The highest BCUT2D eigenvalue weighted by Gasteiger charge is 2.21. The van der Waals surface area contributed by atoms with Crippen LogP contribution in [0.1, 0.15) is 25.3 Å². The number of carbonyl (C=O) groups is 1. The minimum Gasteiger partial charge on any atom is -0.341 e. The van der Waals surface area contributed by atoms with Gasteiger partial charge in [0.05, 0.1) is 5.92 Å². The van der Waals surface area contributed by atoms with E-state index in [1.165, 1.54) is 11.0 Å². The van der Waals surface area contributed by atoms with Crippen LogP contribution < -0.4 is 5.73 Å². The third kappa shape index (κ3) is 4.18. The maximum absolute atomic E-state index is 13.7. The fourth-order valence-electron chi connectivity index (χ4n) is 2.00. The van der Waals surface area contributed by atoms with Gasteiger partial charge >= 0.3 is 0 Å². The first kappa shape index (κ1) is 15.9. The number of hydrogen-bond donors (Lipinski definition) is 1. The molecule has 1 amide bonds. The summed E-state index contributed by atoms with van der Waals surface area (Å²) >= 11 is 5.95. The second kappa shape index (κ2) is 7.46. The van der Waals surface area contributed by atoms with Crippen LogP contribution in [0.15, 0.2) is 18.2 Å². The summed E-state index contributed by atoms with van der Waals surface area (Å²) in [5, 5.41) is 0.333. The second-order valence-corrected chi connectivity index (χ2v) is 5.02. The van der Waals surface area contributed by atoms with E-state index in [9.17, 15) is 9.18 Å². The van der Waals surface area contributed by atoms with Crippen molar-refractivity contribution in [1.29, 1.82) is 0 Å². The highest BCUT2D eigenvalue weighted by molar-refractivity contribution is 6.31. The van der Waals surface area contributed by atoms with Crippen LogP contribution in [-0.4, -0.2) is 24.4 Å². The Labute approximate surface area is 118 Å². The summed E-state index contributed by atoms with van der Waals surface area (Å²) in [6, 6.07) is 4.50. The normalized spacial score (nSPS) is 12.3. The molecule has 0 aromatic heterocycles. The summed E-state index contributed by atoms with van der Waals surface area (Å²) in [6.07, 6.45) is 1.63. The molecule has 0 radical (unpaired) electrons. The second-order valence-electron chi connectivity index (χ2n) is 4.62. The average Bonchev–Trinajstić information content (AvgIpc) is 2.39. The van der Waals surface area contributed by atoms with Crippen molar-refractivity contribution < 1.29 is 9.18 Å². The van der Waals surface area contributed by atoms with E-state index in [4.69, 9.17) is 17.3 Å². The number of nitrogens with zero attached hydrogens (tertiary/aromatic N) is 1. The van der Waals surface area contributed by atoms with E-state index in [-0.39, 0.29) is 18.4 Å². The zero-order valence-corrected chi connectivity index (χ0v) is 12.1. The molecular formula is C14H20ClFN2O. The molecule has 0 bridgehead atoms. The predicted molar refractivity (Wildman–Crippen MR) is 75.3 cm³/mol. The Morgan fingerprint density at radius 2 is 2.21 bits per heavy atom. The first-order chi connectivity index (χ1) is 9.01. The Bertz CT molecular complexity index is 419. The third-order valence-electron chi connectivity index (χ3n) is 3.10. The smallest absolute Gasteiger partial charge is 0.227 e. The minimum atomic E-state index is -0.396. The molecule has 3 nitrogen and oxygen atoms in total. The van der Waals surface area contributed by atoms with Gasteiger partial charge in [-0.05, 0) is 18.6 Å².